The van der Waals surface area contributed by atoms with Gasteiger partial charge in [-0.3, -0.25) is 0 Å². The fraction of sp³-hybridized carbons (Fsp3) is 0.150. The first-order chi connectivity index (χ1) is 13.5. The molecule has 0 aliphatic rings. The zero-order valence-corrected chi connectivity index (χ0v) is 16.3. The Bertz CT molecular complexity index is 979. The van der Waals surface area contributed by atoms with Gasteiger partial charge in [-0.2, -0.15) is 0 Å². The van der Waals surface area contributed by atoms with Crippen molar-refractivity contribution in [3.05, 3.63) is 71.0 Å². The van der Waals surface area contributed by atoms with E-state index in [1.165, 1.54) is 13.4 Å². The first kappa shape index (κ1) is 19.4. The maximum Gasteiger partial charge on any atom is 0.339 e. The number of esters is 1. The van der Waals surface area contributed by atoms with Gasteiger partial charge in [0.2, 0.25) is 0 Å². The van der Waals surface area contributed by atoms with Crippen LogP contribution in [0.3, 0.4) is 0 Å². The van der Waals surface area contributed by atoms with Gasteiger partial charge < -0.3 is 20.7 Å². The Morgan fingerprint density at radius 1 is 1.18 bits per heavy atom. The Kier molecular flexibility index (Phi) is 5.96. The highest BCUT2D eigenvalue weighted by Crippen LogP contribution is 2.32. The maximum atomic E-state index is 12.1. The van der Waals surface area contributed by atoms with E-state index in [2.05, 4.69) is 15.3 Å². The molecule has 0 saturated heterocycles. The molecule has 3 rings (SSSR count). The van der Waals surface area contributed by atoms with Crippen LogP contribution in [0.1, 0.15) is 15.9 Å². The van der Waals surface area contributed by atoms with Crippen molar-refractivity contribution >= 4 is 40.6 Å². The van der Waals surface area contributed by atoms with Gasteiger partial charge in [0, 0.05) is 18.6 Å². The van der Waals surface area contributed by atoms with Crippen LogP contribution in [0.15, 0.2) is 54.9 Å². The average molecular weight is 398 g/mol. The maximum absolute atomic E-state index is 12.1. The largest absolute Gasteiger partial charge is 0.465 e. The lowest BCUT2D eigenvalue weighted by Gasteiger charge is -2.23. The number of nitrogens with two attached hydrogens (primary N) is 1. The molecule has 3 aromatic rings. The van der Waals surface area contributed by atoms with Gasteiger partial charge >= 0.3 is 5.97 Å². The average Bonchev–Trinajstić information content (AvgIpc) is 2.73. The lowest BCUT2D eigenvalue weighted by Crippen LogP contribution is -2.18. The molecule has 0 spiro atoms. The molecule has 0 amide bonds. The summed E-state index contributed by atoms with van der Waals surface area (Å²) >= 11 is 5.91. The summed E-state index contributed by atoms with van der Waals surface area (Å²) in [7, 11) is 3.13. The summed E-state index contributed by atoms with van der Waals surface area (Å²) in [5.74, 6) is 0.545. The number of nitrogens with zero attached hydrogens (tertiary/aromatic N) is 3. The molecular formula is C20H20ClN5O2. The van der Waals surface area contributed by atoms with Crippen LogP contribution in [0, 0.1) is 0 Å². The van der Waals surface area contributed by atoms with E-state index in [4.69, 9.17) is 22.1 Å². The van der Waals surface area contributed by atoms with E-state index >= 15 is 0 Å². The molecule has 8 heteroatoms. The van der Waals surface area contributed by atoms with Gasteiger partial charge in [-0.25, -0.2) is 14.8 Å². The molecule has 7 nitrogen and oxygen atoms in total. The van der Waals surface area contributed by atoms with Crippen molar-refractivity contribution in [2.75, 3.05) is 30.1 Å². The standard InChI is InChI=1S/C20H20ClN5O2/c1-26(16-6-4-3-5-15(16)20(27)28-2)19-17(22)18(24-12-25-19)23-11-13-7-9-14(21)10-8-13/h3-10,12H,11,22H2,1-2H3,(H,23,24,25). The lowest BCUT2D eigenvalue weighted by molar-refractivity contribution is 0.0601. The number of carbonyl (C=O) groups excluding carboxylic acids is 1. The number of aromatic nitrogens is 2. The Balaban J connectivity index is 1.86. The minimum absolute atomic E-state index is 0.374. The summed E-state index contributed by atoms with van der Waals surface area (Å²) in [5, 5.41) is 3.89. The fourth-order valence-electron chi connectivity index (χ4n) is 2.75. The molecule has 3 N–H and O–H groups in total. The summed E-state index contributed by atoms with van der Waals surface area (Å²) in [6.45, 7) is 0.528. The van der Waals surface area contributed by atoms with Gasteiger partial charge in [0.15, 0.2) is 11.6 Å². The highest BCUT2D eigenvalue weighted by atomic mass is 35.5. The van der Waals surface area contributed by atoms with Crippen LogP contribution < -0.4 is 16.0 Å². The Morgan fingerprint density at radius 2 is 1.89 bits per heavy atom. The second kappa shape index (κ2) is 8.58. The van der Waals surface area contributed by atoms with Crippen LogP contribution in [0.25, 0.3) is 0 Å². The molecule has 0 radical (unpaired) electrons. The molecule has 1 aromatic heterocycles. The smallest absolute Gasteiger partial charge is 0.339 e. The van der Waals surface area contributed by atoms with E-state index in [9.17, 15) is 4.79 Å². The minimum atomic E-state index is -0.434. The van der Waals surface area contributed by atoms with E-state index in [-0.39, 0.29) is 0 Å². The summed E-state index contributed by atoms with van der Waals surface area (Å²) in [5.41, 5.74) is 8.76. The van der Waals surface area contributed by atoms with Gasteiger partial charge in [0.1, 0.15) is 12.0 Å². The van der Waals surface area contributed by atoms with Crippen molar-refractivity contribution in [3.63, 3.8) is 0 Å². The first-order valence-corrected chi connectivity index (χ1v) is 8.89. The highest BCUT2D eigenvalue weighted by molar-refractivity contribution is 6.30. The second-order valence-electron chi connectivity index (χ2n) is 6.01. The van der Waals surface area contributed by atoms with Crippen molar-refractivity contribution in [2.45, 2.75) is 6.54 Å². The number of methoxy groups -OCH3 is 1. The van der Waals surface area contributed by atoms with Crippen LogP contribution >= 0.6 is 11.6 Å². The zero-order chi connectivity index (χ0) is 20.1. The number of ether oxygens (including phenoxy) is 1. The van der Waals surface area contributed by atoms with E-state index in [1.807, 2.05) is 30.3 Å². The SMILES string of the molecule is COC(=O)c1ccccc1N(C)c1ncnc(NCc2ccc(Cl)cc2)c1N. The van der Waals surface area contributed by atoms with E-state index in [0.717, 1.165) is 5.56 Å². The number of hydrogen-bond donors (Lipinski definition) is 2. The number of halogens is 1. The summed E-state index contributed by atoms with van der Waals surface area (Å²) in [4.78, 5) is 22.3. The molecule has 0 saturated carbocycles. The van der Waals surface area contributed by atoms with Crippen molar-refractivity contribution in [2.24, 2.45) is 0 Å². The van der Waals surface area contributed by atoms with Gasteiger partial charge in [0.05, 0.1) is 18.4 Å². The Hall–Kier alpha value is -3.32. The lowest BCUT2D eigenvalue weighted by atomic mass is 10.1. The molecule has 1 heterocycles. The van der Waals surface area contributed by atoms with Crippen LogP contribution in [-0.4, -0.2) is 30.1 Å². The number of rotatable bonds is 6. The van der Waals surface area contributed by atoms with Crippen molar-refractivity contribution in [1.82, 2.24) is 9.97 Å². The molecule has 28 heavy (non-hydrogen) atoms. The number of benzene rings is 2. The molecule has 0 bridgehead atoms. The zero-order valence-electron chi connectivity index (χ0n) is 15.5. The molecule has 144 valence electrons. The third-order valence-corrected chi connectivity index (χ3v) is 4.48. The van der Waals surface area contributed by atoms with Gasteiger partial charge in [0.25, 0.3) is 0 Å². The quantitative estimate of drug-likeness (QED) is 0.609. The normalized spacial score (nSPS) is 10.4. The molecule has 0 atom stereocenters. The Labute approximate surface area is 168 Å². The fourth-order valence-corrected chi connectivity index (χ4v) is 2.87. The van der Waals surface area contributed by atoms with Gasteiger partial charge in [-0.05, 0) is 29.8 Å². The predicted molar refractivity (Wildman–Crippen MR) is 111 cm³/mol. The monoisotopic (exact) mass is 397 g/mol. The second-order valence-corrected chi connectivity index (χ2v) is 6.44. The van der Waals surface area contributed by atoms with Crippen molar-refractivity contribution in [1.29, 1.82) is 0 Å². The van der Waals surface area contributed by atoms with Crippen molar-refractivity contribution < 1.29 is 9.53 Å². The summed E-state index contributed by atoms with van der Waals surface area (Å²) in [6, 6.07) is 14.6. The van der Waals surface area contributed by atoms with E-state index in [0.29, 0.717) is 40.1 Å². The predicted octanol–water partition coefficient (Wildman–Crippen LogP) is 3.88. The van der Waals surface area contributed by atoms with Crippen LogP contribution in [0.2, 0.25) is 5.02 Å². The van der Waals surface area contributed by atoms with Gasteiger partial charge in [-0.1, -0.05) is 35.9 Å². The van der Waals surface area contributed by atoms with Crippen LogP contribution in [-0.2, 0) is 11.3 Å². The number of anilines is 4. The number of nitrogen functional groups attached to an aromatic ring is 1. The molecule has 0 unspecified atom stereocenters. The van der Waals surface area contributed by atoms with Gasteiger partial charge in [-0.15, -0.1) is 0 Å². The molecule has 0 fully saturated rings. The number of nitrogens with one attached hydrogen (secondary N) is 1. The topological polar surface area (TPSA) is 93.4 Å². The van der Waals surface area contributed by atoms with E-state index < -0.39 is 5.97 Å². The number of hydrogen-bond acceptors (Lipinski definition) is 7. The minimum Gasteiger partial charge on any atom is -0.465 e. The van der Waals surface area contributed by atoms with Crippen molar-refractivity contribution in [3.8, 4) is 0 Å². The molecule has 0 aliphatic carbocycles. The molecule has 0 aliphatic heterocycles. The Morgan fingerprint density at radius 3 is 2.61 bits per heavy atom. The first-order valence-electron chi connectivity index (χ1n) is 8.51. The highest BCUT2D eigenvalue weighted by Gasteiger charge is 2.19. The summed E-state index contributed by atoms with van der Waals surface area (Å²) in [6.07, 6.45) is 1.42. The molecular weight excluding hydrogens is 378 g/mol. The van der Waals surface area contributed by atoms with E-state index in [1.54, 1.807) is 30.1 Å². The third kappa shape index (κ3) is 4.15. The number of carbonyl (C=O) groups is 1. The molecule has 2 aromatic carbocycles. The third-order valence-electron chi connectivity index (χ3n) is 4.22. The van der Waals surface area contributed by atoms with Crippen LogP contribution in [0.5, 0.6) is 0 Å². The summed E-state index contributed by atoms with van der Waals surface area (Å²) < 4.78 is 4.86. The number of para-hydroxylation sites is 1. The van der Waals surface area contributed by atoms with Crippen LogP contribution in [0.4, 0.5) is 23.0 Å².